The van der Waals surface area contributed by atoms with E-state index in [1.165, 1.54) is 12.1 Å². The van der Waals surface area contributed by atoms with Gasteiger partial charge in [0.15, 0.2) is 0 Å². The van der Waals surface area contributed by atoms with Crippen LogP contribution in [0.25, 0.3) is 0 Å². The molecule has 0 saturated carbocycles. The lowest BCUT2D eigenvalue weighted by atomic mass is 9.98. The fourth-order valence-corrected chi connectivity index (χ4v) is 1.15. The molecule has 82 valence electrons. The van der Waals surface area contributed by atoms with Crippen LogP contribution in [0, 0.1) is 5.82 Å². The molecule has 2 nitrogen and oxygen atoms in total. The van der Waals surface area contributed by atoms with E-state index in [2.05, 4.69) is 4.74 Å². The lowest BCUT2D eigenvalue weighted by Gasteiger charge is -2.18. The third-order valence-corrected chi connectivity index (χ3v) is 2.05. The summed E-state index contributed by atoms with van der Waals surface area (Å²) >= 11 is 0. The maximum absolute atomic E-state index is 13.9. The first-order valence-corrected chi connectivity index (χ1v) is 4.60. The molecule has 0 spiro atoms. The van der Waals surface area contributed by atoms with Crippen molar-refractivity contribution in [1.82, 2.24) is 0 Å². The topological polar surface area (TPSA) is 26.3 Å². The number of rotatable bonds is 3. The monoisotopic (exact) mass is 214 g/mol. The summed E-state index contributed by atoms with van der Waals surface area (Å²) in [5, 5.41) is 0. The van der Waals surface area contributed by atoms with Gasteiger partial charge < -0.3 is 4.74 Å². The summed E-state index contributed by atoms with van der Waals surface area (Å²) in [6.45, 7) is 2.80. The fraction of sp³-hybridized carbons (Fsp3) is 0.364. The number of halogens is 2. The minimum absolute atomic E-state index is 0.0855. The molecule has 0 amide bonds. The number of benzene rings is 1. The van der Waals surface area contributed by atoms with E-state index in [9.17, 15) is 13.6 Å². The van der Waals surface area contributed by atoms with E-state index in [1.54, 1.807) is 6.92 Å². The highest BCUT2D eigenvalue weighted by Crippen LogP contribution is 2.27. The number of carbonyl (C=O) groups is 1. The molecule has 1 unspecified atom stereocenters. The summed E-state index contributed by atoms with van der Waals surface area (Å²) in [6, 6.07) is 4.66. The Labute approximate surface area is 86.9 Å². The SMILES string of the molecule is CCOC(=O)C(C)(F)c1ccc(F)cc1. The van der Waals surface area contributed by atoms with Gasteiger partial charge in [-0.15, -0.1) is 0 Å². The molecule has 1 aromatic rings. The summed E-state index contributed by atoms with van der Waals surface area (Å²) in [4.78, 5) is 11.3. The summed E-state index contributed by atoms with van der Waals surface area (Å²) in [5.74, 6) is -1.44. The maximum Gasteiger partial charge on any atom is 0.348 e. The average Bonchev–Trinajstić information content (AvgIpc) is 2.18. The molecule has 0 heterocycles. The maximum atomic E-state index is 13.9. The molecule has 0 aromatic heterocycles. The van der Waals surface area contributed by atoms with Gasteiger partial charge in [-0.25, -0.2) is 13.6 Å². The van der Waals surface area contributed by atoms with Crippen LogP contribution in [0.5, 0.6) is 0 Å². The Bertz CT molecular complexity index is 344. The van der Waals surface area contributed by atoms with E-state index < -0.39 is 17.5 Å². The van der Waals surface area contributed by atoms with Crippen LogP contribution in [0.1, 0.15) is 19.4 Å². The molecule has 0 bridgehead atoms. The Morgan fingerprint density at radius 1 is 1.40 bits per heavy atom. The Morgan fingerprint density at radius 2 is 1.93 bits per heavy atom. The molecule has 1 aromatic carbocycles. The Kier molecular flexibility index (Phi) is 3.39. The van der Waals surface area contributed by atoms with Crippen molar-refractivity contribution in [1.29, 1.82) is 0 Å². The van der Waals surface area contributed by atoms with Crippen molar-refractivity contribution in [2.24, 2.45) is 0 Å². The van der Waals surface area contributed by atoms with Crippen molar-refractivity contribution in [3.05, 3.63) is 35.6 Å². The van der Waals surface area contributed by atoms with Crippen LogP contribution < -0.4 is 0 Å². The lowest BCUT2D eigenvalue weighted by Crippen LogP contribution is -2.29. The molecular weight excluding hydrogens is 202 g/mol. The van der Waals surface area contributed by atoms with Gasteiger partial charge in [0.1, 0.15) is 5.82 Å². The molecule has 1 atom stereocenters. The van der Waals surface area contributed by atoms with E-state index in [4.69, 9.17) is 0 Å². The van der Waals surface area contributed by atoms with E-state index >= 15 is 0 Å². The van der Waals surface area contributed by atoms with Gasteiger partial charge in [0.25, 0.3) is 0 Å². The number of alkyl halides is 1. The predicted molar refractivity (Wildman–Crippen MR) is 51.5 cm³/mol. The van der Waals surface area contributed by atoms with Crippen molar-refractivity contribution in [2.75, 3.05) is 6.61 Å². The van der Waals surface area contributed by atoms with E-state index in [0.717, 1.165) is 19.1 Å². The van der Waals surface area contributed by atoms with Crippen LogP contribution in [0.15, 0.2) is 24.3 Å². The number of hydrogen-bond acceptors (Lipinski definition) is 2. The van der Waals surface area contributed by atoms with Crippen molar-refractivity contribution < 1.29 is 18.3 Å². The molecular formula is C11H12F2O2. The van der Waals surface area contributed by atoms with Crippen LogP contribution in [0.4, 0.5) is 8.78 Å². The third-order valence-electron chi connectivity index (χ3n) is 2.05. The number of esters is 1. The number of hydrogen-bond donors (Lipinski definition) is 0. The molecule has 0 aliphatic rings. The zero-order valence-electron chi connectivity index (χ0n) is 8.59. The highest BCUT2D eigenvalue weighted by molar-refractivity contribution is 5.80. The first kappa shape index (κ1) is 11.6. The highest BCUT2D eigenvalue weighted by atomic mass is 19.1. The molecule has 0 aliphatic heterocycles. The normalized spacial score (nSPS) is 14.4. The van der Waals surface area contributed by atoms with Gasteiger partial charge in [-0.05, 0) is 26.0 Å². The zero-order chi connectivity index (χ0) is 11.5. The predicted octanol–water partition coefficient (Wildman–Crippen LogP) is 2.57. The fourth-order valence-electron chi connectivity index (χ4n) is 1.15. The minimum Gasteiger partial charge on any atom is -0.463 e. The third kappa shape index (κ3) is 2.52. The average molecular weight is 214 g/mol. The molecule has 0 aliphatic carbocycles. The molecule has 1 rings (SSSR count). The van der Waals surface area contributed by atoms with Crippen molar-refractivity contribution >= 4 is 5.97 Å². The van der Waals surface area contributed by atoms with E-state index in [-0.39, 0.29) is 12.2 Å². The second-order valence-corrected chi connectivity index (χ2v) is 3.23. The van der Waals surface area contributed by atoms with E-state index in [0.29, 0.717) is 0 Å². The van der Waals surface area contributed by atoms with Crippen LogP contribution in [-0.2, 0) is 15.2 Å². The van der Waals surface area contributed by atoms with Crippen molar-refractivity contribution in [3.8, 4) is 0 Å². The quantitative estimate of drug-likeness (QED) is 0.723. The summed E-state index contributed by atoms with van der Waals surface area (Å²) in [7, 11) is 0. The minimum atomic E-state index is -2.23. The van der Waals surface area contributed by atoms with Crippen LogP contribution >= 0.6 is 0 Å². The standard InChI is InChI=1S/C11H12F2O2/c1-3-15-10(14)11(2,13)8-4-6-9(12)7-5-8/h4-7H,3H2,1-2H3. The Morgan fingerprint density at radius 3 is 2.40 bits per heavy atom. The second-order valence-electron chi connectivity index (χ2n) is 3.23. The van der Waals surface area contributed by atoms with E-state index in [1.807, 2.05) is 0 Å². The lowest BCUT2D eigenvalue weighted by molar-refractivity contribution is -0.156. The molecule has 15 heavy (non-hydrogen) atoms. The molecule has 4 heteroatoms. The van der Waals surface area contributed by atoms with Gasteiger partial charge in [0.05, 0.1) is 6.61 Å². The highest BCUT2D eigenvalue weighted by Gasteiger charge is 2.36. The summed E-state index contributed by atoms with van der Waals surface area (Å²) < 4.78 is 31.1. The first-order valence-electron chi connectivity index (χ1n) is 4.60. The largest absolute Gasteiger partial charge is 0.463 e. The zero-order valence-corrected chi connectivity index (χ0v) is 8.59. The molecule has 0 fully saturated rings. The second kappa shape index (κ2) is 4.38. The first-order chi connectivity index (χ1) is 6.98. The van der Waals surface area contributed by atoms with Gasteiger partial charge in [0, 0.05) is 5.56 Å². The van der Waals surface area contributed by atoms with Crippen molar-refractivity contribution in [2.45, 2.75) is 19.5 Å². The number of ether oxygens (including phenoxy) is 1. The van der Waals surface area contributed by atoms with Crippen LogP contribution in [0.3, 0.4) is 0 Å². The van der Waals surface area contributed by atoms with Crippen LogP contribution in [-0.4, -0.2) is 12.6 Å². The van der Waals surface area contributed by atoms with Gasteiger partial charge in [-0.1, -0.05) is 12.1 Å². The summed E-state index contributed by atoms with van der Waals surface area (Å²) in [5.41, 5.74) is -2.15. The summed E-state index contributed by atoms with van der Waals surface area (Å²) in [6.07, 6.45) is 0. The van der Waals surface area contributed by atoms with Gasteiger partial charge >= 0.3 is 5.97 Å². The smallest absolute Gasteiger partial charge is 0.348 e. The van der Waals surface area contributed by atoms with Crippen LogP contribution in [0.2, 0.25) is 0 Å². The number of carbonyl (C=O) groups excluding carboxylic acids is 1. The van der Waals surface area contributed by atoms with Crippen molar-refractivity contribution in [3.63, 3.8) is 0 Å². The molecule has 0 saturated heterocycles. The Hall–Kier alpha value is -1.45. The van der Waals surface area contributed by atoms with Gasteiger partial charge in [-0.3, -0.25) is 0 Å². The molecule has 0 radical (unpaired) electrons. The van der Waals surface area contributed by atoms with Gasteiger partial charge in [0.2, 0.25) is 5.67 Å². The van der Waals surface area contributed by atoms with Gasteiger partial charge in [-0.2, -0.15) is 0 Å². The molecule has 0 N–H and O–H groups in total. The Balaban J connectivity index is 2.94.